The molecule has 0 amide bonds. The van der Waals surface area contributed by atoms with Crippen LogP contribution in [0.25, 0.3) is 0 Å². The van der Waals surface area contributed by atoms with E-state index in [2.05, 4.69) is 0 Å². The molecule has 0 rings (SSSR count). The Morgan fingerprint density at radius 1 is 1.00 bits per heavy atom. The third kappa shape index (κ3) is 10.7. The van der Waals surface area contributed by atoms with Crippen LogP contribution in [0.2, 0.25) is 0 Å². The maximum absolute atomic E-state index is 0. The van der Waals surface area contributed by atoms with E-state index in [0.717, 1.165) is 0 Å². The van der Waals surface area contributed by atoms with Gasteiger partial charge in [0.15, 0.2) is 0 Å². The van der Waals surface area contributed by atoms with Crippen molar-refractivity contribution in [2.75, 3.05) is 0 Å². The first-order valence-electron chi connectivity index (χ1n) is 0. The van der Waals surface area contributed by atoms with Crippen LogP contribution in [0.3, 0.4) is 0 Å². The topological polar surface area (TPSA) is 31.5 Å². The first-order chi connectivity index (χ1) is 0. The van der Waals surface area contributed by atoms with E-state index in [-0.39, 0.29) is 50.6 Å². The Balaban J connectivity index is 0. The first kappa shape index (κ1) is 62.7. The molecule has 0 aliphatic heterocycles. The Morgan fingerprint density at radius 2 is 1.00 bits per heavy atom. The van der Waals surface area contributed by atoms with Crippen LogP contribution in [0.4, 0.5) is 0 Å². The molecule has 1 nitrogen and oxygen atoms in total. The Morgan fingerprint density at radius 3 is 1.00 bits per heavy atom. The summed E-state index contributed by atoms with van der Waals surface area (Å²) in [5, 5.41) is 0. The van der Waals surface area contributed by atoms with Crippen molar-refractivity contribution in [3.8, 4) is 0 Å². The van der Waals surface area contributed by atoms with Crippen molar-refractivity contribution in [2.45, 2.75) is 0 Å². The van der Waals surface area contributed by atoms with Gasteiger partial charge in [0.25, 0.3) is 0 Å². The van der Waals surface area contributed by atoms with Crippen LogP contribution in [0.1, 0.15) is 0 Å². The summed E-state index contributed by atoms with van der Waals surface area (Å²) in [6, 6.07) is 0. The van der Waals surface area contributed by atoms with Gasteiger partial charge >= 0.3 is 0 Å². The van der Waals surface area contributed by atoms with Gasteiger partial charge in [-0.05, 0) is 0 Å². The van der Waals surface area contributed by atoms with Gasteiger partial charge in [-0.3, -0.25) is 0 Å². The summed E-state index contributed by atoms with van der Waals surface area (Å²) in [5.41, 5.74) is 0. The molecular weight excluding hydrogens is 155 g/mol. The van der Waals surface area contributed by atoms with Crippen molar-refractivity contribution < 1.29 is 39.6 Å². The Bertz CT molecular complexity index is 8.00. The maximum atomic E-state index is 0. The molecule has 2 N–H and O–H groups in total. The normalized spacial score (nSPS) is 0. The average Bonchev–Trinajstić information content (AvgIpc) is 0. The zero-order valence-corrected chi connectivity index (χ0v) is 5.02. The largest absolute Gasteiger partial charge is 0.412 e. The fourth-order valence-electron chi connectivity index (χ4n) is 0. The van der Waals surface area contributed by atoms with Crippen LogP contribution in [0.15, 0.2) is 0 Å². The van der Waals surface area contributed by atoms with Crippen LogP contribution < -0.4 is 0 Å². The van der Waals surface area contributed by atoms with Gasteiger partial charge in [-0.25, -0.2) is 0 Å². The minimum absolute atomic E-state index is 0. The smallest absolute Gasteiger partial charge is 0 e. The third-order valence-corrected chi connectivity index (χ3v) is 0. The summed E-state index contributed by atoms with van der Waals surface area (Å²) in [5.74, 6) is 0. The standard InChI is InChI=1S/Fe.Mn.H2O.Si/h;;1H2;. The zero-order chi connectivity index (χ0) is 0. The van der Waals surface area contributed by atoms with Crippen LogP contribution in [0.5, 0.6) is 0 Å². The predicted octanol–water partition coefficient (Wildman–Crippen LogP) is -1.21. The van der Waals surface area contributed by atoms with Gasteiger partial charge in [0.1, 0.15) is 0 Å². The molecule has 0 bridgehead atoms. The molecule has 0 aliphatic carbocycles. The summed E-state index contributed by atoms with van der Waals surface area (Å²) >= 11 is 0. The molecule has 0 saturated carbocycles. The molecule has 4 heteroatoms. The van der Waals surface area contributed by atoms with Crippen LogP contribution in [0, 0.1) is 0 Å². The maximum Gasteiger partial charge on any atom is 0 e. The van der Waals surface area contributed by atoms with Crippen LogP contribution in [-0.4, -0.2) is 16.4 Å². The molecule has 0 aromatic carbocycles. The fourth-order valence-corrected chi connectivity index (χ4v) is 0. The van der Waals surface area contributed by atoms with Crippen molar-refractivity contribution in [1.29, 1.82) is 0 Å². The molecule has 5 radical (unpaired) electrons. The number of hydrogen-bond donors (Lipinski definition) is 0. The van der Waals surface area contributed by atoms with Gasteiger partial charge in [-0.2, -0.15) is 0 Å². The van der Waals surface area contributed by atoms with E-state index in [0.29, 0.717) is 0 Å². The van der Waals surface area contributed by atoms with Gasteiger partial charge in [0.2, 0.25) is 0 Å². The average molecular weight is 157 g/mol. The zero-order valence-electron chi connectivity index (χ0n) is 1.73. The Kier molecular flexibility index (Phi) is 462. The van der Waals surface area contributed by atoms with Gasteiger partial charge in [-0.1, -0.05) is 0 Å². The van der Waals surface area contributed by atoms with Gasteiger partial charge < -0.3 is 5.48 Å². The predicted molar refractivity (Wildman–Crippen MR) is 9.37 cm³/mol. The summed E-state index contributed by atoms with van der Waals surface area (Å²) in [6.45, 7) is 0. The first-order valence-corrected chi connectivity index (χ1v) is 0. The van der Waals surface area contributed by atoms with Crippen molar-refractivity contribution in [1.82, 2.24) is 0 Å². The van der Waals surface area contributed by atoms with E-state index in [9.17, 15) is 0 Å². The number of rotatable bonds is 0. The summed E-state index contributed by atoms with van der Waals surface area (Å²) in [7, 11) is 0. The molecule has 27 valence electrons. The number of hydrogen-bond acceptors (Lipinski definition) is 0. The van der Waals surface area contributed by atoms with Crippen molar-refractivity contribution in [3.05, 3.63) is 0 Å². The van der Waals surface area contributed by atoms with Crippen molar-refractivity contribution in [3.63, 3.8) is 0 Å². The van der Waals surface area contributed by atoms with E-state index >= 15 is 0 Å². The Labute approximate surface area is 50.8 Å². The molecule has 0 saturated heterocycles. The third-order valence-electron chi connectivity index (χ3n) is 0. The molecule has 0 aliphatic rings. The molecular formula is H2FeMnOSi. The second-order valence-electron chi connectivity index (χ2n) is 0. The Hall–Kier alpha value is 1.22. The SMILES string of the molecule is O.[Fe].[Mn].[Si]. The van der Waals surface area contributed by atoms with Crippen LogP contribution in [-0.2, 0) is 34.1 Å². The van der Waals surface area contributed by atoms with Gasteiger partial charge in [0.05, 0.1) is 0 Å². The van der Waals surface area contributed by atoms with E-state index in [1.165, 1.54) is 0 Å². The molecule has 4 heavy (non-hydrogen) atoms. The molecule has 0 atom stereocenters. The minimum atomic E-state index is 0. The minimum Gasteiger partial charge on any atom is -0.412 e. The molecule has 0 heterocycles. The van der Waals surface area contributed by atoms with Gasteiger partial charge in [-0.15, -0.1) is 0 Å². The monoisotopic (exact) mass is 157 g/mol. The van der Waals surface area contributed by atoms with E-state index < -0.39 is 0 Å². The van der Waals surface area contributed by atoms with E-state index in [1.54, 1.807) is 0 Å². The molecule has 0 spiro atoms. The van der Waals surface area contributed by atoms with Crippen LogP contribution >= 0.6 is 0 Å². The molecule has 0 unspecified atom stereocenters. The quantitative estimate of drug-likeness (QED) is 0.395. The van der Waals surface area contributed by atoms with Crippen molar-refractivity contribution in [2.24, 2.45) is 0 Å². The molecule has 0 aromatic rings. The van der Waals surface area contributed by atoms with E-state index in [4.69, 9.17) is 0 Å². The van der Waals surface area contributed by atoms with Gasteiger partial charge in [0, 0.05) is 45.1 Å². The fraction of sp³-hybridized carbons (Fsp3) is 0. The van der Waals surface area contributed by atoms with Crippen molar-refractivity contribution >= 4 is 11.0 Å². The summed E-state index contributed by atoms with van der Waals surface area (Å²) < 4.78 is 0. The summed E-state index contributed by atoms with van der Waals surface area (Å²) in [6.07, 6.45) is 0. The summed E-state index contributed by atoms with van der Waals surface area (Å²) in [4.78, 5) is 0. The second-order valence-corrected chi connectivity index (χ2v) is 0. The van der Waals surface area contributed by atoms with E-state index in [1.807, 2.05) is 0 Å². The second kappa shape index (κ2) is 29.5. The molecule has 0 aromatic heterocycles. The molecule has 0 fully saturated rings.